The van der Waals surface area contributed by atoms with E-state index >= 15 is 0 Å². The lowest BCUT2D eigenvalue weighted by Crippen LogP contribution is -2.48. The fourth-order valence-corrected chi connectivity index (χ4v) is 4.85. The Bertz CT molecular complexity index is 409. The molecule has 0 radical (unpaired) electrons. The molecule has 21 heavy (non-hydrogen) atoms. The Balaban J connectivity index is 1.74. The van der Waals surface area contributed by atoms with E-state index in [1.54, 1.807) is 4.31 Å². The van der Waals surface area contributed by atoms with Crippen LogP contribution >= 0.6 is 0 Å². The molecule has 0 aromatic rings. The van der Waals surface area contributed by atoms with Crippen LogP contribution in [-0.4, -0.2) is 56.9 Å². The van der Waals surface area contributed by atoms with Crippen LogP contribution in [0.15, 0.2) is 0 Å². The van der Waals surface area contributed by atoms with Crippen molar-refractivity contribution >= 4 is 10.2 Å². The molecule has 0 aromatic carbocycles. The first-order chi connectivity index (χ1) is 9.87. The molecule has 0 unspecified atom stereocenters. The van der Waals surface area contributed by atoms with Crippen LogP contribution in [-0.2, 0) is 10.2 Å². The lowest BCUT2D eigenvalue weighted by Gasteiger charge is -2.35. The second-order valence-electron chi connectivity index (χ2n) is 7.19. The van der Waals surface area contributed by atoms with E-state index in [0.29, 0.717) is 37.4 Å². The molecule has 5 nitrogen and oxygen atoms in total. The van der Waals surface area contributed by atoms with Crippen molar-refractivity contribution in [2.24, 2.45) is 17.8 Å². The van der Waals surface area contributed by atoms with Gasteiger partial charge in [-0.15, -0.1) is 0 Å². The van der Waals surface area contributed by atoms with Gasteiger partial charge in [-0.2, -0.15) is 12.7 Å². The van der Waals surface area contributed by atoms with Gasteiger partial charge >= 0.3 is 0 Å². The molecule has 2 saturated heterocycles. The van der Waals surface area contributed by atoms with Crippen LogP contribution in [0.5, 0.6) is 0 Å². The molecule has 2 fully saturated rings. The molecule has 0 amide bonds. The molecule has 2 heterocycles. The van der Waals surface area contributed by atoms with Gasteiger partial charge in [0.15, 0.2) is 0 Å². The van der Waals surface area contributed by atoms with Gasteiger partial charge in [0.25, 0.3) is 10.2 Å². The monoisotopic (exact) mass is 317 g/mol. The highest BCUT2D eigenvalue weighted by atomic mass is 32.2. The van der Waals surface area contributed by atoms with Gasteiger partial charge in [-0.3, -0.25) is 0 Å². The number of piperidine rings is 2. The lowest BCUT2D eigenvalue weighted by atomic mass is 9.92. The Labute approximate surface area is 130 Å². The van der Waals surface area contributed by atoms with Gasteiger partial charge in [0.05, 0.1) is 0 Å². The van der Waals surface area contributed by atoms with E-state index in [1.165, 1.54) is 6.42 Å². The molecule has 2 aliphatic rings. The second-order valence-corrected chi connectivity index (χ2v) is 8.94. The predicted molar refractivity (Wildman–Crippen MR) is 86.3 cm³/mol. The van der Waals surface area contributed by atoms with Crippen molar-refractivity contribution in [2.75, 3.05) is 39.3 Å². The highest BCUT2D eigenvalue weighted by Gasteiger charge is 2.26. The molecule has 2 atom stereocenters. The zero-order chi connectivity index (χ0) is 15.5. The summed E-state index contributed by atoms with van der Waals surface area (Å²) >= 11 is 0. The first-order valence-corrected chi connectivity index (χ1v) is 9.78. The van der Waals surface area contributed by atoms with Crippen molar-refractivity contribution in [2.45, 2.75) is 40.0 Å². The smallest absolute Gasteiger partial charge is 0.279 e. The number of hydrogen-bond donors (Lipinski definition) is 1. The van der Waals surface area contributed by atoms with Crippen molar-refractivity contribution in [3.05, 3.63) is 0 Å². The molecular weight excluding hydrogens is 286 g/mol. The van der Waals surface area contributed by atoms with E-state index in [1.807, 2.05) is 0 Å². The van der Waals surface area contributed by atoms with Crippen LogP contribution < -0.4 is 4.72 Å². The first-order valence-electron chi connectivity index (χ1n) is 8.34. The van der Waals surface area contributed by atoms with Crippen LogP contribution in [0, 0.1) is 17.8 Å². The maximum absolute atomic E-state index is 12.3. The van der Waals surface area contributed by atoms with Crippen molar-refractivity contribution in [3.8, 4) is 0 Å². The molecule has 0 bridgehead atoms. The van der Waals surface area contributed by atoms with Crippen LogP contribution in [0.25, 0.3) is 0 Å². The number of likely N-dealkylation sites (tertiary alicyclic amines) is 1. The third-order valence-electron chi connectivity index (χ3n) is 4.74. The molecule has 2 rings (SSSR count). The minimum atomic E-state index is -3.28. The van der Waals surface area contributed by atoms with Crippen LogP contribution in [0.4, 0.5) is 0 Å². The summed E-state index contributed by atoms with van der Waals surface area (Å²) in [6, 6.07) is 0. The van der Waals surface area contributed by atoms with E-state index in [4.69, 9.17) is 0 Å². The zero-order valence-corrected chi connectivity index (χ0v) is 14.5. The Morgan fingerprint density at radius 2 is 1.57 bits per heavy atom. The molecule has 124 valence electrons. The van der Waals surface area contributed by atoms with Crippen molar-refractivity contribution in [1.82, 2.24) is 13.9 Å². The van der Waals surface area contributed by atoms with Crippen LogP contribution in [0.3, 0.4) is 0 Å². The van der Waals surface area contributed by atoms with Gasteiger partial charge in [0.2, 0.25) is 0 Å². The molecular formula is C15H31N3O2S. The number of hydrogen-bond acceptors (Lipinski definition) is 3. The average molecular weight is 317 g/mol. The van der Waals surface area contributed by atoms with Crippen LogP contribution in [0.2, 0.25) is 0 Å². The summed E-state index contributed by atoms with van der Waals surface area (Å²) in [4.78, 5) is 2.39. The summed E-state index contributed by atoms with van der Waals surface area (Å²) < 4.78 is 28.9. The van der Waals surface area contributed by atoms with Gasteiger partial charge in [-0.25, -0.2) is 4.72 Å². The highest BCUT2D eigenvalue weighted by Crippen LogP contribution is 2.20. The van der Waals surface area contributed by atoms with Crippen molar-refractivity contribution in [1.29, 1.82) is 0 Å². The number of rotatable bonds is 5. The van der Waals surface area contributed by atoms with Crippen molar-refractivity contribution < 1.29 is 8.42 Å². The Hall–Kier alpha value is -0.170. The molecule has 0 saturated carbocycles. The summed E-state index contributed by atoms with van der Waals surface area (Å²) in [5.74, 6) is 2.08. The summed E-state index contributed by atoms with van der Waals surface area (Å²) in [6.45, 7) is 11.6. The zero-order valence-electron chi connectivity index (χ0n) is 13.7. The largest absolute Gasteiger partial charge is 0.302 e. The Morgan fingerprint density at radius 1 is 1.00 bits per heavy atom. The highest BCUT2D eigenvalue weighted by molar-refractivity contribution is 7.87. The lowest BCUT2D eigenvalue weighted by molar-refractivity contribution is 0.143. The van der Waals surface area contributed by atoms with E-state index < -0.39 is 10.2 Å². The minimum absolute atomic E-state index is 0.522. The number of nitrogens with one attached hydrogen (secondary N) is 1. The van der Waals surface area contributed by atoms with Gasteiger partial charge < -0.3 is 4.90 Å². The maximum atomic E-state index is 12.3. The normalized spacial score (nSPS) is 30.6. The molecule has 0 aromatic heterocycles. The fourth-order valence-electron chi connectivity index (χ4n) is 3.62. The fraction of sp³-hybridized carbons (Fsp3) is 1.00. The molecule has 1 N–H and O–H groups in total. The Morgan fingerprint density at radius 3 is 2.14 bits per heavy atom. The summed E-state index contributed by atoms with van der Waals surface area (Å²) in [5.41, 5.74) is 0. The maximum Gasteiger partial charge on any atom is 0.279 e. The third-order valence-corrected chi connectivity index (χ3v) is 6.35. The summed E-state index contributed by atoms with van der Waals surface area (Å²) in [7, 11) is -3.28. The van der Waals surface area contributed by atoms with Gasteiger partial charge in [-0.1, -0.05) is 20.8 Å². The standard InChI is InChI=1S/C15H31N3O2S/c1-13-4-7-18(8-5-13)21(19,20)16-6-9-17-11-14(2)10-15(3)12-17/h13-16H,4-12H2,1-3H3/t14-,15-/m0/s1. The molecule has 2 aliphatic heterocycles. The summed E-state index contributed by atoms with van der Waals surface area (Å²) in [5, 5.41) is 0. The Kier molecular flexibility index (Phi) is 6.05. The van der Waals surface area contributed by atoms with Gasteiger partial charge in [0.1, 0.15) is 0 Å². The number of nitrogens with zero attached hydrogens (tertiary/aromatic N) is 2. The van der Waals surface area contributed by atoms with Gasteiger partial charge in [-0.05, 0) is 37.0 Å². The van der Waals surface area contributed by atoms with Crippen LogP contribution in [0.1, 0.15) is 40.0 Å². The molecule has 6 heteroatoms. The van der Waals surface area contributed by atoms with Gasteiger partial charge in [0, 0.05) is 39.3 Å². The quantitative estimate of drug-likeness (QED) is 0.837. The third kappa shape index (κ3) is 5.20. The first kappa shape index (κ1) is 17.2. The second kappa shape index (κ2) is 7.40. The topological polar surface area (TPSA) is 52.7 Å². The SMILES string of the molecule is CC1CCN(S(=O)(=O)NCCN2C[C@@H](C)C[C@H](C)C2)CC1. The molecule has 0 aliphatic carbocycles. The predicted octanol–water partition coefficient (Wildman–Crippen LogP) is 1.53. The molecule has 0 spiro atoms. The van der Waals surface area contributed by atoms with E-state index in [0.717, 1.165) is 32.5 Å². The van der Waals surface area contributed by atoms with E-state index in [9.17, 15) is 8.42 Å². The van der Waals surface area contributed by atoms with Crippen molar-refractivity contribution in [3.63, 3.8) is 0 Å². The average Bonchev–Trinajstić information content (AvgIpc) is 2.37. The summed E-state index contributed by atoms with van der Waals surface area (Å²) in [6.07, 6.45) is 3.23. The van der Waals surface area contributed by atoms with E-state index in [-0.39, 0.29) is 0 Å². The minimum Gasteiger partial charge on any atom is -0.302 e. The van der Waals surface area contributed by atoms with E-state index in [2.05, 4.69) is 30.4 Å².